The molecule has 0 atom stereocenters. The molecule has 1 rings (SSSR count). The summed E-state index contributed by atoms with van der Waals surface area (Å²) in [6.45, 7) is 12.8. The van der Waals surface area contributed by atoms with Crippen LogP contribution in [0.2, 0.25) is 0 Å². The Morgan fingerprint density at radius 3 is 2.05 bits per heavy atom. The fraction of sp³-hybridized carbons (Fsp3) is 0.733. The summed E-state index contributed by atoms with van der Waals surface area (Å²) in [7, 11) is 0. The van der Waals surface area contributed by atoms with Gasteiger partial charge in [-0.25, -0.2) is 9.97 Å². The van der Waals surface area contributed by atoms with Crippen molar-refractivity contribution in [3.63, 3.8) is 0 Å². The molecule has 4 nitrogen and oxygen atoms in total. The molecule has 0 amide bonds. The third-order valence-corrected chi connectivity index (χ3v) is 3.52. The van der Waals surface area contributed by atoms with Crippen molar-refractivity contribution in [1.29, 1.82) is 0 Å². The summed E-state index contributed by atoms with van der Waals surface area (Å²) in [5, 5.41) is 6.83. The summed E-state index contributed by atoms with van der Waals surface area (Å²) >= 11 is 0. The SMILES string of the molecule is CCNc1ncnc(NCC(CC)CC)c1C(C)C. The van der Waals surface area contributed by atoms with Crippen LogP contribution in [0.4, 0.5) is 11.6 Å². The molecule has 0 aliphatic carbocycles. The zero-order valence-corrected chi connectivity index (χ0v) is 13.0. The number of nitrogens with one attached hydrogen (secondary N) is 2. The first-order valence-corrected chi connectivity index (χ1v) is 7.46. The lowest BCUT2D eigenvalue weighted by molar-refractivity contribution is 0.518. The molecule has 4 heteroatoms. The van der Waals surface area contributed by atoms with Crippen LogP contribution >= 0.6 is 0 Å². The van der Waals surface area contributed by atoms with E-state index in [9.17, 15) is 0 Å². The number of aromatic nitrogens is 2. The van der Waals surface area contributed by atoms with Crippen molar-refractivity contribution in [3.8, 4) is 0 Å². The number of hydrogen-bond acceptors (Lipinski definition) is 4. The van der Waals surface area contributed by atoms with E-state index < -0.39 is 0 Å². The van der Waals surface area contributed by atoms with Gasteiger partial charge in [0.25, 0.3) is 0 Å². The Morgan fingerprint density at radius 2 is 1.58 bits per heavy atom. The van der Waals surface area contributed by atoms with Gasteiger partial charge < -0.3 is 10.6 Å². The van der Waals surface area contributed by atoms with Crippen molar-refractivity contribution in [1.82, 2.24) is 9.97 Å². The highest BCUT2D eigenvalue weighted by atomic mass is 15.1. The van der Waals surface area contributed by atoms with Gasteiger partial charge in [0, 0.05) is 18.7 Å². The Kier molecular flexibility index (Phi) is 6.60. The largest absolute Gasteiger partial charge is 0.370 e. The first kappa shape index (κ1) is 15.7. The molecule has 19 heavy (non-hydrogen) atoms. The third kappa shape index (κ3) is 4.37. The van der Waals surface area contributed by atoms with Gasteiger partial charge in [0.2, 0.25) is 0 Å². The number of hydrogen-bond donors (Lipinski definition) is 2. The zero-order valence-electron chi connectivity index (χ0n) is 13.0. The van der Waals surface area contributed by atoms with Crippen LogP contribution in [0.5, 0.6) is 0 Å². The third-order valence-electron chi connectivity index (χ3n) is 3.52. The summed E-state index contributed by atoms with van der Waals surface area (Å²) in [6.07, 6.45) is 4.04. The number of anilines is 2. The van der Waals surface area contributed by atoms with Gasteiger partial charge in [0.1, 0.15) is 18.0 Å². The van der Waals surface area contributed by atoms with Crippen LogP contribution < -0.4 is 10.6 Å². The van der Waals surface area contributed by atoms with Crippen LogP contribution in [-0.2, 0) is 0 Å². The second-order valence-corrected chi connectivity index (χ2v) is 5.23. The molecule has 0 spiro atoms. The van der Waals surface area contributed by atoms with E-state index in [0.29, 0.717) is 11.8 Å². The Hall–Kier alpha value is -1.32. The molecule has 0 unspecified atom stereocenters. The van der Waals surface area contributed by atoms with Crippen molar-refractivity contribution >= 4 is 11.6 Å². The van der Waals surface area contributed by atoms with Gasteiger partial charge in [-0.1, -0.05) is 40.5 Å². The maximum absolute atomic E-state index is 4.42. The lowest BCUT2D eigenvalue weighted by atomic mass is 10.0. The van der Waals surface area contributed by atoms with Gasteiger partial charge in [-0.15, -0.1) is 0 Å². The lowest BCUT2D eigenvalue weighted by Gasteiger charge is -2.19. The molecule has 0 fully saturated rings. The summed E-state index contributed by atoms with van der Waals surface area (Å²) in [5.74, 6) is 3.05. The maximum atomic E-state index is 4.42. The van der Waals surface area contributed by atoms with E-state index in [4.69, 9.17) is 0 Å². The predicted molar refractivity (Wildman–Crippen MR) is 82.8 cm³/mol. The molecule has 2 N–H and O–H groups in total. The van der Waals surface area contributed by atoms with Gasteiger partial charge in [-0.2, -0.15) is 0 Å². The van der Waals surface area contributed by atoms with Crippen molar-refractivity contribution in [2.24, 2.45) is 5.92 Å². The van der Waals surface area contributed by atoms with Gasteiger partial charge in [0.05, 0.1) is 0 Å². The Bertz CT molecular complexity index is 372. The highest BCUT2D eigenvalue weighted by Gasteiger charge is 2.15. The van der Waals surface area contributed by atoms with Gasteiger partial charge in [-0.3, -0.25) is 0 Å². The maximum Gasteiger partial charge on any atom is 0.134 e. The minimum absolute atomic E-state index is 0.402. The second kappa shape index (κ2) is 7.97. The van der Waals surface area contributed by atoms with Crippen molar-refractivity contribution in [2.45, 2.75) is 53.4 Å². The fourth-order valence-corrected chi connectivity index (χ4v) is 2.21. The summed E-state index contributed by atoms with van der Waals surface area (Å²) in [4.78, 5) is 8.78. The van der Waals surface area contributed by atoms with Gasteiger partial charge in [-0.05, 0) is 18.8 Å². The van der Waals surface area contributed by atoms with Crippen LogP contribution in [0, 0.1) is 5.92 Å². The molecule has 1 heterocycles. The van der Waals surface area contributed by atoms with E-state index in [1.54, 1.807) is 6.33 Å². The van der Waals surface area contributed by atoms with E-state index in [2.05, 4.69) is 55.2 Å². The predicted octanol–water partition coefficient (Wildman–Crippen LogP) is 3.88. The minimum atomic E-state index is 0.402. The summed E-state index contributed by atoms with van der Waals surface area (Å²) in [6, 6.07) is 0. The molecule has 0 aliphatic heterocycles. The molecule has 0 aliphatic rings. The van der Waals surface area contributed by atoms with Crippen LogP contribution in [0.25, 0.3) is 0 Å². The van der Waals surface area contributed by atoms with Crippen molar-refractivity contribution < 1.29 is 0 Å². The number of nitrogens with zero attached hydrogens (tertiary/aromatic N) is 2. The van der Waals surface area contributed by atoms with Crippen molar-refractivity contribution in [2.75, 3.05) is 23.7 Å². The molecule has 0 aromatic carbocycles. The first-order valence-electron chi connectivity index (χ1n) is 7.46. The monoisotopic (exact) mass is 264 g/mol. The van der Waals surface area contributed by atoms with Crippen LogP contribution in [-0.4, -0.2) is 23.1 Å². The minimum Gasteiger partial charge on any atom is -0.370 e. The zero-order chi connectivity index (χ0) is 14.3. The Labute approximate surface area is 117 Å². The summed E-state index contributed by atoms with van der Waals surface area (Å²) in [5.41, 5.74) is 1.19. The molecule has 0 saturated heterocycles. The molecule has 1 aromatic rings. The van der Waals surface area contributed by atoms with Gasteiger partial charge in [0.15, 0.2) is 0 Å². The quantitative estimate of drug-likeness (QED) is 0.748. The molecule has 0 saturated carbocycles. The molecule has 0 bridgehead atoms. The van der Waals surface area contributed by atoms with E-state index >= 15 is 0 Å². The standard InChI is InChI=1S/C15H28N4/c1-6-12(7-2)9-17-15-13(11(4)5)14(16-8-3)18-10-19-15/h10-12H,6-9H2,1-5H3,(H2,16,17,18,19). The number of rotatable bonds is 8. The normalized spacial score (nSPS) is 11.1. The molecule has 1 aromatic heterocycles. The highest BCUT2D eigenvalue weighted by Crippen LogP contribution is 2.28. The van der Waals surface area contributed by atoms with E-state index in [1.165, 1.54) is 18.4 Å². The molecular weight excluding hydrogens is 236 g/mol. The molecule has 108 valence electrons. The molecular formula is C15H28N4. The van der Waals surface area contributed by atoms with E-state index in [-0.39, 0.29) is 0 Å². The topological polar surface area (TPSA) is 49.8 Å². The lowest BCUT2D eigenvalue weighted by Crippen LogP contribution is -2.16. The van der Waals surface area contributed by atoms with E-state index in [0.717, 1.165) is 24.7 Å². The highest BCUT2D eigenvalue weighted by molar-refractivity contribution is 5.58. The second-order valence-electron chi connectivity index (χ2n) is 5.23. The van der Waals surface area contributed by atoms with E-state index in [1.807, 2.05) is 0 Å². The Morgan fingerprint density at radius 1 is 1.00 bits per heavy atom. The Balaban J connectivity index is 2.89. The smallest absolute Gasteiger partial charge is 0.134 e. The molecule has 0 radical (unpaired) electrons. The van der Waals surface area contributed by atoms with Crippen molar-refractivity contribution in [3.05, 3.63) is 11.9 Å². The van der Waals surface area contributed by atoms with Gasteiger partial charge >= 0.3 is 0 Å². The summed E-state index contributed by atoms with van der Waals surface area (Å²) < 4.78 is 0. The fourth-order valence-electron chi connectivity index (χ4n) is 2.21. The van der Waals surface area contributed by atoms with Crippen LogP contribution in [0.15, 0.2) is 6.33 Å². The first-order chi connectivity index (χ1) is 9.13. The average Bonchev–Trinajstić information content (AvgIpc) is 2.40. The average molecular weight is 264 g/mol. The van der Waals surface area contributed by atoms with Crippen LogP contribution in [0.1, 0.15) is 58.9 Å². The van der Waals surface area contributed by atoms with Crippen LogP contribution in [0.3, 0.4) is 0 Å².